The van der Waals surface area contributed by atoms with Crippen LogP contribution >= 0.6 is 0 Å². The summed E-state index contributed by atoms with van der Waals surface area (Å²) in [5.41, 5.74) is 3.13. The lowest BCUT2D eigenvalue weighted by Crippen LogP contribution is -2.22. The van der Waals surface area contributed by atoms with Crippen molar-refractivity contribution in [3.05, 3.63) is 135 Å². The zero-order valence-electron chi connectivity index (χ0n) is 32.2. The molecule has 2 aromatic heterocycles. The first kappa shape index (κ1) is 40.9. The molecule has 0 saturated heterocycles. The van der Waals surface area contributed by atoms with Crippen LogP contribution in [0.25, 0.3) is 5.76 Å². The summed E-state index contributed by atoms with van der Waals surface area (Å²) < 4.78 is 42.8. The third-order valence-electron chi connectivity index (χ3n) is 10.9. The lowest BCUT2D eigenvalue weighted by atomic mass is 9.87. The number of rotatable bonds is 11. The van der Waals surface area contributed by atoms with E-state index < -0.39 is 35.0 Å². The average Bonchev–Trinajstić information content (AvgIpc) is 3.92. The van der Waals surface area contributed by atoms with Gasteiger partial charge in [-0.25, -0.2) is 13.6 Å². The number of aliphatic hydroxyl groups is 2. The number of ether oxygens (including phenoxy) is 1. The van der Waals surface area contributed by atoms with Crippen LogP contribution in [0.5, 0.6) is 0 Å². The first-order chi connectivity index (χ1) is 27.4. The van der Waals surface area contributed by atoms with Crippen LogP contribution in [0.1, 0.15) is 126 Å². The number of aliphatic hydroxyl groups excluding tert-OH is 2. The average molecular weight is 784 g/mol. The van der Waals surface area contributed by atoms with Gasteiger partial charge < -0.3 is 28.7 Å². The molecule has 3 aliphatic rings. The summed E-state index contributed by atoms with van der Waals surface area (Å²) in [5, 5.41) is 20.5. The van der Waals surface area contributed by atoms with E-state index in [1.165, 1.54) is 49.1 Å². The third-order valence-corrected chi connectivity index (χ3v) is 10.9. The lowest BCUT2D eigenvalue weighted by molar-refractivity contribution is -0.149. The summed E-state index contributed by atoms with van der Waals surface area (Å²) >= 11 is 0. The van der Waals surface area contributed by atoms with Crippen LogP contribution in [0, 0.1) is 11.6 Å². The summed E-state index contributed by atoms with van der Waals surface area (Å²) in [5.74, 6) is -2.24. The van der Waals surface area contributed by atoms with E-state index in [0.717, 1.165) is 87.2 Å². The van der Waals surface area contributed by atoms with E-state index in [-0.39, 0.29) is 47.1 Å². The number of hydrogen-bond acceptors (Lipinski definition) is 9. The molecule has 0 unspecified atom stereocenters. The Kier molecular flexibility index (Phi) is 13.2. The third kappa shape index (κ3) is 9.97. The molecule has 4 aromatic rings. The van der Waals surface area contributed by atoms with Gasteiger partial charge in [-0.05, 0) is 73.2 Å². The van der Waals surface area contributed by atoms with Crippen LogP contribution in [0.3, 0.4) is 0 Å². The van der Waals surface area contributed by atoms with Gasteiger partial charge in [-0.3, -0.25) is 14.4 Å². The van der Waals surface area contributed by atoms with Crippen molar-refractivity contribution in [2.24, 2.45) is 0 Å². The van der Waals surface area contributed by atoms with Crippen molar-refractivity contribution in [1.82, 2.24) is 4.90 Å². The number of carbonyl (C=O) groups is 4. The monoisotopic (exact) mass is 783 g/mol. The summed E-state index contributed by atoms with van der Waals surface area (Å²) in [4.78, 5) is 49.5. The smallest absolute Gasteiger partial charge is 0.378 e. The molecule has 0 spiro atoms. The molecular weight excluding hydrogens is 736 g/mol. The number of halogens is 2. The predicted octanol–water partition coefficient (Wildman–Crippen LogP) is 9.22. The molecule has 12 heteroatoms. The number of amides is 1. The summed E-state index contributed by atoms with van der Waals surface area (Å²) in [6, 6.07) is 16.0. The van der Waals surface area contributed by atoms with Gasteiger partial charge >= 0.3 is 5.97 Å². The number of hydrogen-bond donors (Lipinski definition) is 2. The number of methoxy groups -OCH3 is 1. The number of ketones is 2. The highest BCUT2D eigenvalue weighted by molar-refractivity contribution is 6.39. The zero-order chi connectivity index (χ0) is 40.6. The van der Waals surface area contributed by atoms with Crippen LogP contribution in [-0.4, -0.2) is 59.3 Å². The fourth-order valence-electron chi connectivity index (χ4n) is 7.75. The van der Waals surface area contributed by atoms with E-state index in [4.69, 9.17) is 8.83 Å². The topological polar surface area (TPSA) is 147 Å². The second-order valence-corrected chi connectivity index (χ2v) is 15.0. The van der Waals surface area contributed by atoms with Gasteiger partial charge in [-0.2, -0.15) is 0 Å². The number of furan rings is 2. The molecular formula is C45H47F2NO9. The number of nitrogens with zero attached hydrogens (tertiary/aromatic N) is 1. The normalized spacial score (nSPS) is 16.7. The molecule has 7 rings (SSSR count). The van der Waals surface area contributed by atoms with Crippen molar-refractivity contribution >= 4 is 29.2 Å². The number of Topliss-reactive ketones (excluding diaryl/α,β-unsaturated/α-hetero) is 1. The molecule has 0 atom stereocenters. The largest absolute Gasteiger partial charge is 0.504 e. The van der Waals surface area contributed by atoms with E-state index in [1.807, 2.05) is 12.1 Å². The van der Waals surface area contributed by atoms with E-state index in [2.05, 4.69) is 4.74 Å². The number of benzene rings is 2. The maximum absolute atomic E-state index is 13.3. The Morgan fingerprint density at radius 1 is 0.772 bits per heavy atom. The SMILES string of the molecule is CN1CC(C(=O)c2oc(C3CCCCC3)cc2Cc2ccc(F)cc2)=C(O)C1=O.COC(=O)C(=O)C=C(O)c1oc(C2CCCCC2)cc1Cc1ccc(F)cc1. The summed E-state index contributed by atoms with van der Waals surface area (Å²) in [6.07, 6.45) is 12.6. The highest BCUT2D eigenvalue weighted by Crippen LogP contribution is 2.38. The number of esters is 1. The molecule has 2 N–H and O–H groups in total. The van der Waals surface area contributed by atoms with Crippen molar-refractivity contribution in [1.29, 1.82) is 0 Å². The summed E-state index contributed by atoms with van der Waals surface area (Å²) in [7, 11) is 2.63. The molecule has 2 saturated carbocycles. The van der Waals surface area contributed by atoms with Crippen molar-refractivity contribution < 1.29 is 51.7 Å². The second-order valence-electron chi connectivity index (χ2n) is 15.0. The fraction of sp³-hybridized carbons (Fsp3) is 0.378. The van der Waals surface area contributed by atoms with Crippen molar-refractivity contribution in [3.8, 4) is 0 Å². The van der Waals surface area contributed by atoms with Gasteiger partial charge in [0.2, 0.25) is 5.78 Å². The van der Waals surface area contributed by atoms with Gasteiger partial charge in [0, 0.05) is 48.9 Å². The maximum atomic E-state index is 13.3. The molecule has 2 fully saturated rings. The van der Waals surface area contributed by atoms with Crippen LogP contribution in [0.2, 0.25) is 0 Å². The zero-order valence-corrected chi connectivity index (χ0v) is 32.2. The number of carbonyl (C=O) groups excluding carboxylic acids is 4. The van der Waals surface area contributed by atoms with E-state index >= 15 is 0 Å². The van der Waals surface area contributed by atoms with Crippen LogP contribution < -0.4 is 0 Å². The number of likely N-dealkylation sites (N-methyl/N-ethyl adjacent to an activating group) is 1. The quantitative estimate of drug-likeness (QED) is 0.0500. The highest BCUT2D eigenvalue weighted by Gasteiger charge is 2.35. The van der Waals surface area contributed by atoms with Crippen LogP contribution in [0.4, 0.5) is 8.78 Å². The first-order valence-electron chi connectivity index (χ1n) is 19.4. The van der Waals surface area contributed by atoms with Gasteiger partial charge in [0.15, 0.2) is 23.0 Å². The Labute approximate surface area is 329 Å². The molecule has 0 radical (unpaired) electrons. The Hall–Kier alpha value is -5.78. The van der Waals surface area contributed by atoms with Crippen LogP contribution in [0.15, 0.2) is 86.9 Å². The second kappa shape index (κ2) is 18.4. The Morgan fingerprint density at radius 3 is 1.67 bits per heavy atom. The van der Waals surface area contributed by atoms with E-state index in [0.29, 0.717) is 24.0 Å². The fourth-order valence-corrected chi connectivity index (χ4v) is 7.75. The highest BCUT2D eigenvalue weighted by atomic mass is 19.1. The van der Waals surface area contributed by atoms with Gasteiger partial charge in [0.05, 0.1) is 19.2 Å². The standard InChI is InChI=1S/C23H24FNO4.C22H23FO5/c1-25-13-18(21(27)23(25)28)20(26)22-16(11-14-7-9-17(24)10-8-14)12-19(29-22)15-5-3-2-4-6-15;1-27-22(26)19(25)13-18(24)21-16(11-14-7-9-17(23)10-8-14)12-20(28-21)15-5-3-2-4-6-15/h7-10,12,15,27H,2-6,11,13H2,1H3;7-10,12-13,15,24H,2-6,11H2,1H3. The van der Waals surface area contributed by atoms with E-state index in [1.54, 1.807) is 24.3 Å². The molecule has 0 bridgehead atoms. The van der Waals surface area contributed by atoms with Gasteiger partial charge in [-0.1, -0.05) is 62.8 Å². The van der Waals surface area contributed by atoms with Gasteiger partial charge in [-0.15, -0.1) is 0 Å². The maximum Gasteiger partial charge on any atom is 0.378 e. The minimum absolute atomic E-state index is 0.0545. The minimum atomic E-state index is -1.06. The summed E-state index contributed by atoms with van der Waals surface area (Å²) in [6.45, 7) is 0.0545. The van der Waals surface area contributed by atoms with Crippen molar-refractivity contribution in [2.75, 3.05) is 20.7 Å². The van der Waals surface area contributed by atoms with Gasteiger partial charge in [0.25, 0.3) is 11.7 Å². The molecule has 2 aromatic carbocycles. The van der Waals surface area contributed by atoms with Crippen molar-refractivity contribution in [2.45, 2.75) is 88.9 Å². The molecule has 2 aliphatic carbocycles. The lowest BCUT2D eigenvalue weighted by Gasteiger charge is -2.19. The van der Waals surface area contributed by atoms with Crippen molar-refractivity contribution in [3.63, 3.8) is 0 Å². The Balaban J connectivity index is 0.000000193. The Bertz CT molecular complexity index is 2150. The van der Waals surface area contributed by atoms with Gasteiger partial charge in [0.1, 0.15) is 23.2 Å². The Morgan fingerprint density at radius 2 is 1.23 bits per heavy atom. The van der Waals surface area contributed by atoms with Crippen LogP contribution in [-0.2, 0) is 32.0 Å². The predicted molar refractivity (Wildman–Crippen MR) is 207 cm³/mol. The molecule has 10 nitrogen and oxygen atoms in total. The molecule has 1 amide bonds. The minimum Gasteiger partial charge on any atom is -0.504 e. The first-order valence-corrected chi connectivity index (χ1v) is 19.4. The molecule has 57 heavy (non-hydrogen) atoms. The molecule has 300 valence electrons. The van der Waals surface area contributed by atoms with E-state index in [9.17, 15) is 38.2 Å². The molecule has 3 heterocycles. The molecule has 1 aliphatic heterocycles.